The SMILES string of the molecule is CC(O)CN(C)Cc1ccccc1C#CCN. The molecule has 3 N–H and O–H groups in total. The first kappa shape index (κ1) is 13.7. The van der Waals surface area contributed by atoms with Crippen LogP contribution in [0.25, 0.3) is 0 Å². The molecule has 0 bridgehead atoms. The Hall–Kier alpha value is -1.34. The lowest BCUT2D eigenvalue weighted by atomic mass is 10.1. The van der Waals surface area contributed by atoms with Gasteiger partial charge in [0, 0.05) is 18.7 Å². The van der Waals surface area contributed by atoms with Crippen LogP contribution < -0.4 is 5.73 Å². The van der Waals surface area contributed by atoms with Gasteiger partial charge in [-0.3, -0.25) is 4.90 Å². The predicted molar refractivity (Wildman–Crippen MR) is 70.4 cm³/mol. The summed E-state index contributed by atoms with van der Waals surface area (Å²) in [5.74, 6) is 5.94. The fourth-order valence-electron chi connectivity index (χ4n) is 1.73. The van der Waals surface area contributed by atoms with Crippen LogP contribution in [-0.4, -0.2) is 36.2 Å². The Balaban J connectivity index is 2.76. The van der Waals surface area contributed by atoms with Crippen molar-refractivity contribution in [2.45, 2.75) is 19.6 Å². The third kappa shape index (κ3) is 5.01. The van der Waals surface area contributed by atoms with Gasteiger partial charge < -0.3 is 10.8 Å². The van der Waals surface area contributed by atoms with Crippen LogP contribution in [0, 0.1) is 11.8 Å². The summed E-state index contributed by atoms with van der Waals surface area (Å²) < 4.78 is 0. The molecule has 17 heavy (non-hydrogen) atoms. The molecule has 0 heterocycles. The Labute approximate surface area is 103 Å². The molecule has 0 aromatic heterocycles. The van der Waals surface area contributed by atoms with Crippen LogP contribution >= 0.6 is 0 Å². The molecule has 0 aliphatic heterocycles. The second-order valence-electron chi connectivity index (χ2n) is 4.21. The molecule has 1 rings (SSSR count). The molecule has 0 aliphatic carbocycles. The number of nitrogens with zero attached hydrogens (tertiary/aromatic N) is 1. The van der Waals surface area contributed by atoms with E-state index in [4.69, 9.17) is 5.73 Å². The van der Waals surface area contributed by atoms with Crippen LogP contribution in [0.5, 0.6) is 0 Å². The first-order valence-electron chi connectivity index (χ1n) is 5.77. The van der Waals surface area contributed by atoms with Crippen LogP contribution in [0.2, 0.25) is 0 Å². The molecule has 0 amide bonds. The summed E-state index contributed by atoms with van der Waals surface area (Å²) in [5, 5.41) is 9.33. The average molecular weight is 232 g/mol. The quantitative estimate of drug-likeness (QED) is 0.755. The van der Waals surface area contributed by atoms with Crippen LogP contribution in [0.15, 0.2) is 24.3 Å². The zero-order valence-electron chi connectivity index (χ0n) is 10.5. The molecule has 0 aliphatic rings. The van der Waals surface area contributed by atoms with Crippen molar-refractivity contribution in [2.75, 3.05) is 20.1 Å². The Kier molecular flexibility index (Phi) is 5.71. The Bertz CT molecular complexity index is 404. The highest BCUT2D eigenvalue weighted by molar-refractivity contribution is 5.41. The van der Waals surface area contributed by atoms with Gasteiger partial charge in [-0.2, -0.15) is 0 Å². The number of aliphatic hydroxyl groups excluding tert-OH is 1. The summed E-state index contributed by atoms with van der Waals surface area (Å²) in [6, 6.07) is 8.02. The molecule has 1 aromatic rings. The van der Waals surface area contributed by atoms with Gasteiger partial charge in [0.25, 0.3) is 0 Å². The predicted octanol–water partition coefficient (Wildman–Crippen LogP) is 0.809. The van der Waals surface area contributed by atoms with Gasteiger partial charge in [0.2, 0.25) is 0 Å². The van der Waals surface area contributed by atoms with E-state index in [9.17, 15) is 5.11 Å². The van der Waals surface area contributed by atoms with E-state index in [1.54, 1.807) is 6.92 Å². The van der Waals surface area contributed by atoms with Gasteiger partial charge in [-0.05, 0) is 25.6 Å². The van der Waals surface area contributed by atoms with Crippen molar-refractivity contribution in [3.8, 4) is 11.8 Å². The minimum absolute atomic E-state index is 0.317. The van der Waals surface area contributed by atoms with Gasteiger partial charge in [-0.25, -0.2) is 0 Å². The normalized spacial score (nSPS) is 12.1. The average Bonchev–Trinajstić information content (AvgIpc) is 2.26. The summed E-state index contributed by atoms with van der Waals surface area (Å²) in [6.07, 6.45) is -0.317. The van der Waals surface area contributed by atoms with Crippen molar-refractivity contribution in [1.82, 2.24) is 4.90 Å². The molecule has 1 unspecified atom stereocenters. The fraction of sp³-hybridized carbons (Fsp3) is 0.429. The highest BCUT2D eigenvalue weighted by atomic mass is 16.3. The van der Waals surface area contributed by atoms with Gasteiger partial charge in [0.1, 0.15) is 0 Å². The summed E-state index contributed by atoms with van der Waals surface area (Å²) in [7, 11) is 1.99. The fourth-order valence-corrected chi connectivity index (χ4v) is 1.73. The molecule has 3 heteroatoms. The molecule has 0 saturated heterocycles. The molecule has 3 nitrogen and oxygen atoms in total. The number of benzene rings is 1. The number of hydrogen-bond acceptors (Lipinski definition) is 3. The summed E-state index contributed by atoms with van der Waals surface area (Å²) in [4.78, 5) is 2.08. The van der Waals surface area contributed by atoms with Crippen LogP contribution in [-0.2, 0) is 6.54 Å². The third-order valence-corrected chi connectivity index (χ3v) is 2.36. The number of hydrogen-bond donors (Lipinski definition) is 2. The highest BCUT2D eigenvalue weighted by Crippen LogP contribution is 2.10. The van der Waals surface area contributed by atoms with E-state index >= 15 is 0 Å². The number of nitrogens with two attached hydrogens (primary N) is 1. The zero-order chi connectivity index (χ0) is 12.7. The zero-order valence-corrected chi connectivity index (χ0v) is 10.5. The van der Waals surface area contributed by atoms with Crippen molar-refractivity contribution >= 4 is 0 Å². The lowest BCUT2D eigenvalue weighted by Crippen LogP contribution is -2.27. The van der Waals surface area contributed by atoms with Crippen molar-refractivity contribution < 1.29 is 5.11 Å². The van der Waals surface area contributed by atoms with Gasteiger partial charge in [-0.1, -0.05) is 30.0 Å². The standard InChI is InChI=1S/C14H20N2O/c1-12(17)10-16(2)11-14-7-4-3-6-13(14)8-5-9-15/h3-4,6-7,12,17H,9-11,15H2,1-2H3. The van der Waals surface area contributed by atoms with Gasteiger partial charge >= 0.3 is 0 Å². The Morgan fingerprint density at radius 2 is 2.12 bits per heavy atom. The van der Waals surface area contributed by atoms with Crippen molar-refractivity contribution in [1.29, 1.82) is 0 Å². The minimum Gasteiger partial charge on any atom is -0.392 e. The van der Waals surface area contributed by atoms with E-state index in [2.05, 4.69) is 22.8 Å². The molecule has 1 atom stereocenters. The van der Waals surface area contributed by atoms with Crippen LogP contribution in [0.4, 0.5) is 0 Å². The first-order valence-corrected chi connectivity index (χ1v) is 5.77. The molecular weight excluding hydrogens is 212 g/mol. The Morgan fingerprint density at radius 1 is 1.41 bits per heavy atom. The maximum atomic E-state index is 9.33. The first-order chi connectivity index (χ1) is 8.13. The summed E-state index contributed by atoms with van der Waals surface area (Å²) in [6.45, 7) is 3.59. The number of rotatable bonds is 4. The molecule has 1 aromatic carbocycles. The topological polar surface area (TPSA) is 49.5 Å². The monoisotopic (exact) mass is 232 g/mol. The van der Waals surface area contributed by atoms with E-state index in [0.717, 1.165) is 17.7 Å². The minimum atomic E-state index is -0.317. The van der Waals surface area contributed by atoms with E-state index in [1.807, 2.05) is 25.2 Å². The van der Waals surface area contributed by atoms with E-state index < -0.39 is 0 Å². The summed E-state index contributed by atoms with van der Waals surface area (Å²) in [5.41, 5.74) is 7.55. The van der Waals surface area contributed by atoms with Crippen LogP contribution in [0.3, 0.4) is 0 Å². The van der Waals surface area contributed by atoms with Gasteiger partial charge in [-0.15, -0.1) is 0 Å². The lowest BCUT2D eigenvalue weighted by Gasteiger charge is -2.19. The van der Waals surface area contributed by atoms with Crippen LogP contribution in [0.1, 0.15) is 18.1 Å². The largest absolute Gasteiger partial charge is 0.392 e. The molecule has 0 radical (unpaired) electrons. The number of aliphatic hydroxyl groups is 1. The maximum absolute atomic E-state index is 9.33. The second-order valence-corrected chi connectivity index (χ2v) is 4.21. The van der Waals surface area contributed by atoms with Gasteiger partial charge in [0.05, 0.1) is 12.6 Å². The molecule has 0 spiro atoms. The molecular formula is C14H20N2O. The molecule has 0 saturated carbocycles. The smallest absolute Gasteiger partial charge is 0.0639 e. The highest BCUT2D eigenvalue weighted by Gasteiger charge is 2.06. The molecule has 0 fully saturated rings. The number of likely N-dealkylation sites (N-methyl/N-ethyl adjacent to an activating group) is 1. The summed E-state index contributed by atoms with van der Waals surface area (Å²) >= 11 is 0. The van der Waals surface area contributed by atoms with Gasteiger partial charge in [0.15, 0.2) is 0 Å². The Morgan fingerprint density at radius 3 is 2.76 bits per heavy atom. The third-order valence-electron chi connectivity index (χ3n) is 2.36. The second kappa shape index (κ2) is 7.08. The lowest BCUT2D eigenvalue weighted by molar-refractivity contribution is 0.138. The van der Waals surface area contributed by atoms with E-state index in [0.29, 0.717) is 13.1 Å². The van der Waals surface area contributed by atoms with E-state index in [1.165, 1.54) is 0 Å². The molecule has 92 valence electrons. The maximum Gasteiger partial charge on any atom is 0.0639 e. The van der Waals surface area contributed by atoms with Crippen molar-refractivity contribution in [2.24, 2.45) is 5.73 Å². The van der Waals surface area contributed by atoms with Crippen molar-refractivity contribution in [3.63, 3.8) is 0 Å². The van der Waals surface area contributed by atoms with E-state index in [-0.39, 0.29) is 6.10 Å². The van der Waals surface area contributed by atoms with Crippen molar-refractivity contribution in [3.05, 3.63) is 35.4 Å².